The van der Waals surface area contributed by atoms with Crippen molar-refractivity contribution in [3.63, 3.8) is 0 Å². The summed E-state index contributed by atoms with van der Waals surface area (Å²) in [6.45, 7) is 3.10. The van der Waals surface area contributed by atoms with E-state index in [1.54, 1.807) is 6.20 Å². The minimum atomic E-state index is 0.182. The van der Waals surface area contributed by atoms with Crippen molar-refractivity contribution in [2.75, 3.05) is 0 Å². The molecule has 0 fully saturated rings. The van der Waals surface area contributed by atoms with Crippen molar-refractivity contribution in [1.29, 1.82) is 0 Å². The van der Waals surface area contributed by atoms with Crippen molar-refractivity contribution in [2.24, 2.45) is 0 Å². The third-order valence-electron chi connectivity index (χ3n) is 2.94. The molecule has 1 heterocycles. The van der Waals surface area contributed by atoms with E-state index in [4.69, 9.17) is 0 Å². The highest BCUT2D eigenvalue weighted by molar-refractivity contribution is 5.96. The van der Waals surface area contributed by atoms with Crippen LogP contribution in [0.5, 0.6) is 0 Å². The average Bonchev–Trinajstić information content (AvgIpc) is 2.85. The van der Waals surface area contributed by atoms with E-state index in [0.29, 0.717) is 12.8 Å². The third kappa shape index (κ3) is 3.06. The molecule has 0 unspecified atom stereocenters. The van der Waals surface area contributed by atoms with Gasteiger partial charge in [-0.2, -0.15) is 0 Å². The maximum atomic E-state index is 12.0. The minimum absolute atomic E-state index is 0.182. The van der Waals surface area contributed by atoms with Crippen LogP contribution in [0, 0.1) is 0 Å². The molecule has 0 aliphatic rings. The van der Waals surface area contributed by atoms with Gasteiger partial charge in [-0.15, -0.1) is 0 Å². The van der Waals surface area contributed by atoms with Gasteiger partial charge in [0, 0.05) is 37.3 Å². The molecule has 3 nitrogen and oxygen atoms in total. The first kappa shape index (κ1) is 12.6. The Morgan fingerprint density at radius 1 is 1.28 bits per heavy atom. The Balaban J connectivity index is 1.95. The quantitative estimate of drug-likeness (QED) is 0.729. The van der Waals surface area contributed by atoms with E-state index in [9.17, 15) is 4.79 Å². The molecule has 0 radical (unpaired) electrons. The van der Waals surface area contributed by atoms with Crippen LogP contribution in [-0.2, 0) is 13.0 Å². The van der Waals surface area contributed by atoms with Crippen molar-refractivity contribution in [2.45, 2.75) is 32.7 Å². The van der Waals surface area contributed by atoms with E-state index >= 15 is 0 Å². The zero-order chi connectivity index (χ0) is 12.8. The first-order chi connectivity index (χ1) is 8.81. The molecule has 0 N–H and O–H groups in total. The second-order valence-electron chi connectivity index (χ2n) is 4.33. The van der Waals surface area contributed by atoms with E-state index in [2.05, 4.69) is 16.5 Å². The van der Waals surface area contributed by atoms with Crippen LogP contribution in [0.2, 0.25) is 0 Å². The summed E-state index contributed by atoms with van der Waals surface area (Å²) >= 11 is 0. The Bertz CT molecular complexity index is 502. The monoisotopic (exact) mass is 242 g/mol. The minimum Gasteiger partial charge on any atom is -0.335 e. The Morgan fingerprint density at radius 2 is 2.06 bits per heavy atom. The van der Waals surface area contributed by atoms with Gasteiger partial charge in [0.1, 0.15) is 5.82 Å². The molecule has 0 aliphatic carbocycles. The van der Waals surface area contributed by atoms with E-state index in [1.165, 1.54) is 0 Å². The van der Waals surface area contributed by atoms with Gasteiger partial charge in [0.25, 0.3) is 0 Å². The fourth-order valence-corrected chi connectivity index (χ4v) is 2.01. The molecule has 94 valence electrons. The largest absolute Gasteiger partial charge is 0.335 e. The second kappa shape index (κ2) is 6.15. The summed E-state index contributed by atoms with van der Waals surface area (Å²) in [6, 6.07) is 9.43. The highest BCUT2D eigenvalue weighted by atomic mass is 16.1. The summed E-state index contributed by atoms with van der Waals surface area (Å²) in [7, 11) is 0. The van der Waals surface area contributed by atoms with E-state index < -0.39 is 0 Å². The smallest absolute Gasteiger partial charge is 0.163 e. The number of rotatable bonds is 6. The number of benzene rings is 1. The molecular formula is C15H18N2O. The Hall–Kier alpha value is -1.90. The molecule has 0 spiro atoms. The lowest BCUT2D eigenvalue weighted by atomic mass is 10.1. The number of aryl methyl sites for hydroxylation is 2. The zero-order valence-electron chi connectivity index (χ0n) is 10.7. The predicted molar refractivity (Wildman–Crippen MR) is 71.6 cm³/mol. The van der Waals surface area contributed by atoms with Crippen molar-refractivity contribution < 1.29 is 4.79 Å². The average molecular weight is 242 g/mol. The number of imidazole rings is 1. The molecular weight excluding hydrogens is 224 g/mol. The van der Waals surface area contributed by atoms with Gasteiger partial charge in [-0.05, 0) is 6.42 Å². The van der Waals surface area contributed by atoms with E-state index in [-0.39, 0.29) is 5.78 Å². The lowest BCUT2D eigenvalue weighted by Crippen LogP contribution is -2.06. The molecule has 3 heteroatoms. The molecule has 0 saturated heterocycles. The molecule has 2 aromatic rings. The molecule has 2 rings (SSSR count). The number of ketones is 1. The second-order valence-corrected chi connectivity index (χ2v) is 4.33. The van der Waals surface area contributed by atoms with Crippen molar-refractivity contribution >= 4 is 5.78 Å². The topological polar surface area (TPSA) is 34.9 Å². The Morgan fingerprint density at radius 3 is 2.78 bits per heavy atom. The summed E-state index contributed by atoms with van der Waals surface area (Å²) in [5, 5.41) is 0. The number of hydrogen-bond donors (Lipinski definition) is 0. The predicted octanol–water partition coefficient (Wildman–Crippen LogP) is 3.11. The maximum Gasteiger partial charge on any atom is 0.163 e. The Kier molecular flexibility index (Phi) is 4.29. The van der Waals surface area contributed by atoms with Gasteiger partial charge in [-0.25, -0.2) is 4.98 Å². The number of Topliss-reactive ketones (excluding diaryl/α,β-unsaturated/α-hetero) is 1. The van der Waals surface area contributed by atoms with Crippen LogP contribution in [0.15, 0.2) is 42.7 Å². The van der Waals surface area contributed by atoms with Gasteiger partial charge in [0.05, 0.1) is 0 Å². The van der Waals surface area contributed by atoms with E-state index in [0.717, 1.165) is 24.4 Å². The van der Waals surface area contributed by atoms with Crippen LogP contribution < -0.4 is 0 Å². The number of aromatic nitrogens is 2. The van der Waals surface area contributed by atoms with Crippen molar-refractivity contribution in [3.05, 3.63) is 54.1 Å². The van der Waals surface area contributed by atoms with Crippen LogP contribution >= 0.6 is 0 Å². The summed E-state index contributed by atoms with van der Waals surface area (Å²) < 4.78 is 2.12. The lowest BCUT2D eigenvalue weighted by Gasteiger charge is -2.05. The zero-order valence-corrected chi connectivity index (χ0v) is 10.7. The highest BCUT2D eigenvalue weighted by Crippen LogP contribution is 2.08. The fourth-order valence-electron chi connectivity index (χ4n) is 2.01. The van der Waals surface area contributed by atoms with Crippen molar-refractivity contribution in [3.8, 4) is 0 Å². The number of carbonyl (C=O) groups excluding carboxylic acids is 1. The number of hydrogen-bond acceptors (Lipinski definition) is 2. The van der Waals surface area contributed by atoms with Crippen LogP contribution in [0.1, 0.15) is 35.9 Å². The maximum absolute atomic E-state index is 12.0. The number of carbonyl (C=O) groups is 1. The molecule has 1 aromatic carbocycles. The van der Waals surface area contributed by atoms with E-state index in [1.807, 2.05) is 36.5 Å². The van der Waals surface area contributed by atoms with Gasteiger partial charge in [0.15, 0.2) is 5.78 Å². The standard InChI is InChI=1S/C15H18N2O/c1-2-11-17-12-10-16-15(17)9-8-14(18)13-6-4-3-5-7-13/h3-7,10,12H,2,8-9,11H2,1H3. The summed E-state index contributed by atoms with van der Waals surface area (Å²) in [6.07, 6.45) is 6.09. The Labute approximate surface area is 107 Å². The van der Waals surface area contributed by atoms with Gasteiger partial charge < -0.3 is 4.57 Å². The summed E-state index contributed by atoms with van der Waals surface area (Å²) in [5.41, 5.74) is 0.783. The van der Waals surface area contributed by atoms with Crippen LogP contribution in [0.25, 0.3) is 0 Å². The van der Waals surface area contributed by atoms with Crippen LogP contribution in [-0.4, -0.2) is 15.3 Å². The van der Waals surface area contributed by atoms with Crippen LogP contribution in [0.3, 0.4) is 0 Å². The molecule has 1 aromatic heterocycles. The summed E-state index contributed by atoms with van der Waals surface area (Å²) in [5.74, 6) is 1.18. The molecule has 0 atom stereocenters. The molecule has 0 amide bonds. The molecule has 0 saturated carbocycles. The van der Waals surface area contributed by atoms with Gasteiger partial charge in [-0.1, -0.05) is 37.3 Å². The van der Waals surface area contributed by atoms with Gasteiger partial charge >= 0.3 is 0 Å². The first-order valence-electron chi connectivity index (χ1n) is 6.39. The highest BCUT2D eigenvalue weighted by Gasteiger charge is 2.08. The SMILES string of the molecule is CCCn1ccnc1CCC(=O)c1ccccc1. The van der Waals surface area contributed by atoms with Crippen LogP contribution in [0.4, 0.5) is 0 Å². The van der Waals surface area contributed by atoms with Gasteiger partial charge in [0.2, 0.25) is 0 Å². The molecule has 0 bridgehead atoms. The third-order valence-corrected chi connectivity index (χ3v) is 2.94. The first-order valence-corrected chi connectivity index (χ1v) is 6.39. The molecule has 18 heavy (non-hydrogen) atoms. The molecule has 0 aliphatic heterocycles. The lowest BCUT2D eigenvalue weighted by molar-refractivity contribution is 0.0982. The fraction of sp³-hybridized carbons (Fsp3) is 0.333. The summed E-state index contributed by atoms with van der Waals surface area (Å²) in [4.78, 5) is 16.3. The van der Waals surface area contributed by atoms with Crippen molar-refractivity contribution in [1.82, 2.24) is 9.55 Å². The number of nitrogens with zero attached hydrogens (tertiary/aromatic N) is 2. The normalized spacial score (nSPS) is 10.5. The van der Waals surface area contributed by atoms with Gasteiger partial charge in [-0.3, -0.25) is 4.79 Å².